The number of anilines is 1. The second-order valence-electron chi connectivity index (χ2n) is 5.92. The van der Waals surface area contributed by atoms with E-state index >= 15 is 0 Å². The Morgan fingerprint density at radius 2 is 2.11 bits per heavy atom. The SMILES string of the molecule is CN1CCC(CNc2cc(=O)[nH]c(C3CC3)n2)CC1. The smallest absolute Gasteiger partial charge is 0.252 e. The first kappa shape index (κ1) is 12.7. The van der Waals surface area contributed by atoms with Crippen molar-refractivity contribution in [1.29, 1.82) is 0 Å². The van der Waals surface area contributed by atoms with Gasteiger partial charge in [-0.2, -0.15) is 0 Å². The van der Waals surface area contributed by atoms with Crippen molar-refractivity contribution >= 4 is 5.82 Å². The van der Waals surface area contributed by atoms with E-state index in [2.05, 4.69) is 27.2 Å². The monoisotopic (exact) mass is 262 g/mol. The van der Waals surface area contributed by atoms with E-state index in [1.54, 1.807) is 6.07 Å². The minimum Gasteiger partial charge on any atom is -0.370 e. The zero-order valence-electron chi connectivity index (χ0n) is 11.5. The molecule has 2 aliphatic rings. The zero-order valence-corrected chi connectivity index (χ0v) is 11.5. The molecule has 1 aromatic rings. The Labute approximate surface area is 113 Å². The molecule has 1 aromatic heterocycles. The summed E-state index contributed by atoms with van der Waals surface area (Å²) in [6, 6.07) is 1.57. The fourth-order valence-corrected chi connectivity index (χ4v) is 2.63. The molecule has 0 spiro atoms. The molecule has 0 bridgehead atoms. The summed E-state index contributed by atoms with van der Waals surface area (Å²) in [7, 11) is 2.17. The maximum atomic E-state index is 11.6. The van der Waals surface area contributed by atoms with Crippen molar-refractivity contribution in [3.63, 3.8) is 0 Å². The van der Waals surface area contributed by atoms with Crippen LogP contribution in [0.25, 0.3) is 0 Å². The molecule has 2 fully saturated rings. The summed E-state index contributed by atoms with van der Waals surface area (Å²) < 4.78 is 0. The van der Waals surface area contributed by atoms with Crippen molar-refractivity contribution < 1.29 is 0 Å². The number of hydrogen-bond donors (Lipinski definition) is 2. The number of aromatic nitrogens is 2. The van der Waals surface area contributed by atoms with Crippen LogP contribution in [0.4, 0.5) is 5.82 Å². The molecule has 1 aliphatic carbocycles. The number of piperidine rings is 1. The summed E-state index contributed by atoms with van der Waals surface area (Å²) in [6.07, 6.45) is 4.76. The van der Waals surface area contributed by atoms with Gasteiger partial charge < -0.3 is 15.2 Å². The Morgan fingerprint density at radius 1 is 1.37 bits per heavy atom. The van der Waals surface area contributed by atoms with E-state index in [9.17, 15) is 4.79 Å². The molecule has 0 radical (unpaired) electrons. The molecule has 1 saturated carbocycles. The lowest BCUT2D eigenvalue weighted by molar-refractivity contribution is 0.226. The topological polar surface area (TPSA) is 61.0 Å². The average Bonchev–Trinajstić information content (AvgIpc) is 3.22. The molecule has 2 N–H and O–H groups in total. The third kappa shape index (κ3) is 3.35. The van der Waals surface area contributed by atoms with Gasteiger partial charge in [-0.05, 0) is 51.7 Å². The van der Waals surface area contributed by atoms with Crippen molar-refractivity contribution in [1.82, 2.24) is 14.9 Å². The van der Waals surface area contributed by atoms with E-state index in [0.29, 0.717) is 11.8 Å². The summed E-state index contributed by atoms with van der Waals surface area (Å²) in [6.45, 7) is 3.26. The van der Waals surface area contributed by atoms with E-state index in [0.717, 1.165) is 31.0 Å². The molecule has 3 rings (SSSR count). The Bertz CT molecular complexity index is 486. The van der Waals surface area contributed by atoms with Crippen LogP contribution in [0.1, 0.15) is 37.4 Å². The molecular formula is C14H22N4O. The van der Waals surface area contributed by atoms with Crippen LogP contribution in [0, 0.1) is 5.92 Å². The molecule has 5 nitrogen and oxygen atoms in total. The molecule has 104 valence electrons. The Kier molecular flexibility index (Phi) is 3.55. The number of likely N-dealkylation sites (tertiary alicyclic amines) is 1. The standard InChI is InChI=1S/C14H22N4O/c1-18-6-4-10(5-7-18)9-15-12-8-13(19)17-14(16-12)11-2-3-11/h8,10-11H,2-7,9H2,1H3,(H2,15,16,17,19). The van der Waals surface area contributed by atoms with Crippen molar-refractivity contribution in [2.45, 2.75) is 31.6 Å². The van der Waals surface area contributed by atoms with Gasteiger partial charge in [-0.1, -0.05) is 0 Å². The number of nitrogens with one attached hydrogen (secondary N) is 2. The number of rotatable bonds is 4. The molecule has 0 atom stereocenters. The summed E-state index contributed by atoms with van der Waals surface area (Å²) >= 11 is 0. The van der Waals surface area contributed by atoms with Gasteiger partial charge >= 0.3 is 0 Å². The van der Waals surface area contributed by atoms with E-state index in [-0.39, 0.29) is 5.56 Å². The average molecular weight is 262 g/mol. The van der Waals surface area contributed by atoms with E-state index in [1.165, 1.54) is 25.9 Å². The van der Waals surface area contributed by atoms with Gasteiger partial charge in [0.05, 0.1) is 0 Å². The number of aromatic amines is 1. The van der Waals surface area contributed by atoms with Crippen LogP contribution in [-0.2, 0) is 0 Å². The maximum Gasteiger partial charge on any atom is 0.252 e. The summed E-state index contributed by atoms with van der Waals surface area (Å²) in [5, 5.41) is 3.34. The van der Waals surface area contributed by atoms with Crippen LogP contribution in [-0.4, -0.2) is 41.5 Å². The molecule has 0 amide bonds. The predicted octanol–water partition coefficient (Wildman–Crippen LogP) is 1.40. The van der Waals surface area contributed by atoms with Gasteiger partial charge in [0.1, 0.15) is 11.6 Å². The summed E-state index contributed by atoms with van der Waals surface area (Å²) in [5.74, 6) is 2.78. The van der Waals surface area contributed by atoms with Crippen LogP contribution in [0.3, 0.4) is 0 Å². The van der Waals surface area contributed by atoms with Gasteiger partial charge in [-0.15, -0.1) is 0 Å². The first-order chi connectivity index (χ1) is 9.20. The van der Waals surface area contributed by atoms with Crippen LogP contribution in [0.15, 0.2) is 10.9 Å². The molecule has 0 unspecified atom stereocenters. The molecule has 1 aliphatic heterocycles. The fraction of sp³-hybridized carbons (Fsp3) is 0.714. The first-order valence-electron chi connectivity index (χ1n) is 7.24. The van der Waals surface area contributed by atoms with Gasteiger partial charge in [0.15, 0.2) is 0 Å². The van der Waals surface area contributed by atoms with Crippen molar-refractivity contribution in [3.05, 3.63) is 22.2 Å². The van der Waals surface area contributed by atoms with Gasteiger partial charge in [-0.3, -0.25) is 4.79 Å². The largest absolute Gasteiger partial charge is 0.370 e. The molecule has 0 aromatic carbocycles. The lowest BCUT2D eigenvalue weighted by atomic mass is 9.97. The Hall–Kier alpha value is -1.36. The summed E-state index contributed by atoms with van der Waals surface area (Å²) in [4.78, 5) is 21.3. The van der Waals surface area contributed by atoms with E-state index in [1.807, 2.05) is 0 Å². The Balaban J connectivity index is 1.58. The molecule has 2 heterocycles. The van der Waals surface area contributed by atoms with Gasteiger partial charge in [0.25, 0.3) is 5.56 Å². The third-order valence-electron chi connectivity index (χ3n) is 4.13. The highest BCUT2D eigenvalue weighted by Gasteiger charge is 2.26. The predicted molar refractivity (Wildman–Crippen MR) is 75.5 cm³/mol. The Morgan fingerprint density at radius 3 is 2.79 bits per heavy atom. The number of hydrogen-bond acceptors (Lipinski definition) is 4. The van der Waals surface area contributed by atoms with Crippen molar-refractivity contribution in [2.75, 3.05) is 32.0 Å². The van der Waals surface area contributed by atoms with E-state index < -0.39 is 0 Å². The van der Waals surface area contributed by atoms with Gasteiger partial charge in [-0.25, -0.2) is 4.98 Å². The van der Waals surface area contributed by atoms with Crippen LogP contribution >= 0.6 is 0 Å². The molecular weight excluding hydrogens is 240 g/mol. The van der Waals surface area contributed by atoms with Crippen LogP contribution in [0.5, 0.6) is 0 Å². The quantitative estimate of drug-likeness (QED) is 0.861. The minimum absolute atomic E-state index is 0.0391. The van der Waals surface area contributed by atoms with Crippen LogP contribution in [0.2, 0.25) is 0 Å². The summed E-state index contributed by atoms with van der Waals surface area (Å²) in [5.41, 5.74) is -0.0391. The van der Waals surface area contributed by atoms with E-state index in [4.69, 9.17) is 0 Å². The first-order valence-corrected chi connectivity index (χ1v) is 7.24. The third-order valence-corrected chi connectivity index (χ3v) is 4.13. The molecule has 1 saturated heterocycles. The second-order valence-corrected chi connectivity index (χ2v) is 5.92. The zero-order chi connectivity index (χ0) is 13.2. The normalized spacial score (nSPS) is 21.5. The van der Waals surface area contributed by atoms with Gasteiger partial charge in [0.2, 0.25) is 0 Å². The lowest BCUT2D eigenvalue weighted by Gasteiger charge is -2.29. The van der Waals surface area contributed by atoms with Crippen molar-refractivity contribution in [3.8, 4) is 0 Å². The highest BCUT2D eigenvalue weighted by Crippen LogP contribution is 2.37. The van der Waals surface area contributed by atoms with Gasteiger partial charge in [0, 0.05) is 18.5 Å². The van der Waals surface area contributed by atoms with Crippen LogP contribution < -0.4 is 10.9 Å². The number of H-pyrrole nitrogens is 1. The highest BCUT2D eigenvalue weighted by atomic mass is 16.1. The highest BCUT2D eigenvalue weighted by molar-refractivity contribution is 5.34. The number of nitrogens with zero attached hydrogens (tertiary/aromatic N) is 2. The molecule has 19 heavy (non-hydrogen) atoms. The fourth-order valence-electron chi connectivity index (χ4n) is 2.63. The molecule has 5 heteroatoms. The lowest BCUT2D eigenvalue weighted by Crippen LogP contribution is -2.33. The van der Waals surface area contributed by atoms with Crippen molar-refractivity contribution in [2.24, 2.45) is 5.92 Å². The minimum atomic E-state index is -0.0391. The second kappa shape index (κ2) is 5.33. The maximum absolute atomic E-state index is 11.6.